The largest absolute Gasteiger partial charge is 0.313 e. The Morgan fingerprint density at radius 3 is 2.50 bits per heavy atom. The number of nitrogens with zero attached hydrogens (tertiary/aromatic N) is 2. The van der Waals surface area contributed by atoms with Gasteiger partial charge in [-0.2, -0.15) is 5.10 Å². The molecule has 0 amide bonds. The zero-order valence-corrected chi connectivity index (χ0v) is 12.5. The molecule has 0 fully saturated rings. The van der Waals surface area contributed by atoms with Crippen LogP contribution in [0.15, 0.2) is 6.07 Å². The predicted molar refractivity (Wildman–Crippen MR) is 76.7 cm³/mol. The molecule has 0 aliphatic heterocycles. The third-order valence-corrected chi connectivity index (χ3v) is 3.04. The van der Waals surface area contributed by atoms with Gasteiger partial charge in [-0.1, -0.05) is 20.8 Å². The lowest BCUT2D eigenvalue weighted by molar-refractivity contribution is 0.462. The summed E-state index contributed by atoms with van der Waals surface area (Å²) in [6.07, 6.45) is 1.00. The van der Waals surface area contributed by atoms with Gasteiger partial charge in [0.05, 0.1) is 11.4 Å². The Balaban J connectivity index is 2.44. The second-order valence-corrected chi connectivity index (χ2v) is 5.14. The number of rotatable bonds is 8. The van der Waals surface area contributed by atoms with E-state index in [0.29, 0.717) is 12.1 Å². The standard InChI is InChI=1S/C14H28N4/c1-6-13-8-14(18(7-2)17-13)10-16-12(5)9-15-11(3)4/h8,11-12,15-16H,6-7,9-10H2,1-5H3. The maximum atomic E-state index is 4.56. The summed E-state index contributed by atoms with van der Waals surface area (Å²) >= 11 is 0. The first-order valence-electron chi connectivity index (χ1n) is 7.09. The van der Waals surface area contributed by atoms with E-state index in [1.54, 1.807) is 0 Å². The van der Waals surface area contributed by atoms with Gasteiger partial charge in [0.25, 0.3) is 0 Å². The van der Waals surface area contributed by atoms with Gasteiger partial charge in [0.1, 0.15) is 0 Å². The van der Waals surface area contributed by atoms with E-state index in [-0.39, 0.29) is 0 Å². The second-order valence-electron chi connectivity index (χ2n) is 5.14. The highest BCUT2D eigenvalue weighted by Crippen LogP contribution is 2.05. The van der Waals surface area contributed by atoms with Crippen molar-refractivity contribution in [2.24, 2.45) is 0 Å². The van der Waals surface area contributed by atoms with E-state index in [2.05, 4.69) is 61.1 Å². The molecule has 1 rings (SSSR count). The minimum Gasteiger partial charge on any atom is -0.313 e. The van der Waals surface area contributed by atoms with Gasteiger partial charge in [0, 0.05) is 31.7 Å². The molecular weight excluding hydrogens is 224 g/mol. The van der Waals surface area contributed by atoms with Crippen LogP contribution < -0.4 is 10.6 Å². The molecule has 0 aliphatic carbocycles. The Kier molecular flexibility index (Phi) is 6.36. The van der Waals surface area contributed by atoms with E-state index in [9.17, 15) is 0 Å². The first-order chi connectivity index (χ1) is 8.56. The highest BCUT2D eigenvalue weighted by atomic mass is 15.3. The van der Waals surface area contributed by atoms with Crippen molar-refractivity contribution in [3.05, 3.63) is 17.5 Å². The minimum absolute atomic E-state index is 0.470. The molecule has 0 saturated carbocycles. The number of hydrogen-bond donors (Lipinski definition) is 2. The van der Waals surface area contributed by atoms with E-state index in [1.807, 2.05) is 0 Å². The van der Waals surface area contributed by atoms with Crippen LogP contribution in [-0.4, -0.2) is 28.4 Å². The van der Waals surface area contributed by atoms with Crippen LogP contribution in [0.25, 0.3) is 0 Å². The molecule has 0 saturated heterocycles. The summed E-state index contributed by atoms with van der Waals surface area (Å²) in [6, 6.07) is 3.22. The molecule has 1 atom stereocenters. The van der Waals surface area contributed by atoms with Crippen molar-refractivity contribution in [2.75, 3.05) is 6.54 Å². The molecule has 104 valence electrons. The molecule has 18 heavy (non-hydrogen) atoms. The number of hydrogen-bond acceptors (Lipinski definition) is 3. The molecule has 0 spiro atoms. The predicted octanol–water partition coefficient (Wildman–Crippen LogP) is 1.94. The minimum atomic E-state index is 0.470. The van der Waals surface area contributed by atoms with Crippen molar-refractivity contribution in [3.63, 3.8) is 0 Å². The third-order valence-electron chi connectivity index (χ3n) is 3.04. The van der Waals surface area contributed by atoms with Crippen molar-refractivity contribution in [1.29, 1.82) is 0 Å². The summed E-state index contributed by atoms with van der Waals surface area (Å²) in [5.74, 6) is 0. The zero-order chi connectivity index (χ0) is 13.5. The van der Waals surface area contributed by atoms with Crippen molar-refractivity contribution in [1.82, 2.24) is 20.4 Å². The fraction of sp³-hybridized carbons (Fsp3) is 0.786. The molecule has 1 aromatic heterocycles. The smallest absolute Gasteiger partial charge is 0.0625 e. The molecule has 0 bridgehead atoms. The zero-order valence-electron chi connectivity index (χ0n) is 12.5. The van der Waals surface area contributed by atoms with E-state index >= 15 is 0 Å². The average Bonchev–Trinajstić information content (AvgIpc) is 2.76. The van der Waals surface area contributed by atoms with Crippen LogP contribution in [0.4, 0.5) is 0 Å². The van der Waals surface area contributed by atoms with Crippen molar-refractivity contribution in [3.8, 4) is 0 Å². The molecule has 4 heteroatoms. The summed E-state index contributed by atoms with van der Waals surface area (Å²) in [7, 11) is 0. The van der Waals surface area contributed by atoms with Crippen LogP contribution >= 0.6 is 0 Å². The first-order valence-corrected chi connectivity index (χ1v) is 7.09. The number of aryl methyl sites for hydroxylation is 2. The van der Waals surface area contributed by atoms with Gasteiger partial charge in [-0.25, -0.2) is 0 Å². The van der Waals surface area contributed by atoms with Gasteiger partial charge < -0.3 is 10.6 Å². The lowest BCUT2D eigenvalue weighted by Crippen LogP contribution is -2.38. The highest BCUT2D eigenvalue weighted by Gasteiger charge is 2.07. The fourth-order valence-corrected chi connectivity index (χ4v) is 1.87. The molecule has 1 heterocycles. The van der Waals surface area contributed by atoms with Crippen LogP contribution in [0.2, 0.25) is 0 Å². The van der Waals surface area contributed by atoms with Crippen LogP contribution in [0, 0.1) is 0 Å². The van der Waals surface area contributed by atoms with E-state index < -0.39 is 0 Å². The van der Waals surface area contributed by atoms with Gasteiger partial charge in [0.2, 0.25) is 0 Å². The SMILES string of the molecule is CCc1cc(CNC(C)CNC(C)C)n(CC)n1. The lowest BCUT2D eigenvalue weighted by Gasteiger charge is -2.16. The molecule has 0 aromatic carbocycles. The molecule has 0 radical (unpaired) electrons. The van der Waals surface area contributed by atoms with Gasteiger partial charge in [-0.05, 0) is 26.3 Å². The molecule has 2 N–H and O–H groups in total. The van der Waals surface area contributed by atoms with Crippen molar-refractivity contribution in [2.45, 2.75) is 66.2 Å². The summed E-state index contributed by atoms with van der Waals surface area (Å²) in [6.45, 7) is 13.7. The maximum absolute atomic E-state index is 4.56. The Labute approximate surface area is 111 Å². The second kappa shape index (κ2) is 7.54. The molecule has 1 unspecified atom stereocenters. The maximum Gasteiger partial charge on any atom is 0.0625 e. The Morgan fingerprint density at radius 2 is 1.94 bits per heavy atom. The molecule has 0 aliphatic rings. The summed E-state index contributed by atoms with van der Waals surface area (Å²) in [5.41, 5.74) is 2.47. The van der Waals surface area contributed by atoms with Crippen molar-refractivity contribution < 1.29 is 0 Å². The fourth-order valence-electron chi connectivity index (χ4n) is 1.87. The number of aromatic nitrogens is 2. The summed E-state index contributed by atoms with van der Waals surface area (Å²) in [4.78, 5) is 0. The molecule has 4 nitrogen and oxygen atoms in total. The van der Waals surface area contributed by atoms with Gasteiger partial charge >= 0.3 is 0 Å². The van der Waals surface area contributed by atoms with E-state index in [1.165, 1.54) is 11.4 Å². The van der Waals surface area contributed by atoms with Crippen LogP contribution in [0.3, 0.4) is 0 Å². The normalized spacial score (nSPS) is 13.2. The van der Waals surface area contributed by atoms with Gasteiger partial charge in [-0.3, -0.25) is 4.68 Å². The molecular formula is C14H28N4. The van der Waals surface area contributed by atoms with Gasteiger partial charge in [0.15, 0.2) is 0 Å². The first kappa shape index (κ1) is 15.2. The summed E-state index contributed by atoms with van der Waals surface area (Å²) in [5, 5.41) is 11.5. The van der Waals surface area contributed by atoms with Crippen molar-refractivity contribution >= 4 is 0 Å². The Morgan fingerprint density at radius 1 is 1.22 bits per heavy atom. The quantitative estimate of drug-likeness (QED) is 0.743. The third kappa shape index (κ3) is 4.78. The lowest BCUT2D eigenvalue weighted by atomic mass is 10.2. The van der Waals surface area contributed by atoms with E-state index in [4.69, 9.17) is 0 Å². The number of nitrogens with one attached hydrogen (secondary N) is 2. The Hall–Kier alpha value is -0.870. The van der Waals surface area contributed by atoms with Crippen LogP contribution in [0.1, 0.15) is 46.0 Å². The Bertz CT molecular complexity index is 344. The highest BCUT2D eigenvalue weighted by molar-refractivity contribution is 5.10. The monoisotopic (exact) mass is 252 g/mol. The van der Waals surface area contributed by atoms with Gasteiger partial charge in [-0.15, -0.1) is 0 Å². The average molecular weight is 252 g/mol. The topological polar surface area (TPSA) is 41.9 Å². The van der Waals surface area contributed by atoms with Crippen LogP contribution in [0.5, 0.6) is 0 Å². The molecule has 1 aromatic rings. The summed E-state index contributed by atoms with van der Waals surface area (Å²) < 4.78 is 2.09. The van der Waals surface area contributed by atoms with Crippen LogP contribution in [-0.2, 0) is 19.5 Å². The van der Waals surface area contributed by atoms with E-state index in [0.717, 1.165) is 26.1 Å².